The molecule has 1 aliphatic carbocycles. The van der Waals surface area contributed by atoms with Crippen LogP contribution in [0.25, 0.3) is 0 Å². The van der Waals surface area contributed by atoms with E-state index < -0.39 is 0 Å². The second kappa shape index (κ2) is 6.31. The van der Waals surface area contributed by atoms with Crippen LogP contribution in [0, 0.1) is 5.92 Å². The molecule has 1 aliphatic rings. The number of hydrogen-bond acceptors (Lipinski definition) is 6. The molecule has 2 unspecified atom stereocenters. The van der Waals surface area contributed by atoms with Crippen LogP contribution in [0.15, 0.2) is 10.8 Å². The highest BCUT2D eigenvalue weighted by molar-refractivity contribution is 9.10. The fourth-order valence-electron chi connectivity index (χ4n) is 2.36. The molecule has 1 aromatic rings. The Labute approximate surface area is 114 Å². The molecule has 0 aromatic carbocycles. The zero-order chi connectivity index (χ0) is 13.0. The maximum atomic E-state index is 9.39. The van der Waals surface area contributed by atoms with Crippen LogP contribution in [-0.2, 0) is 0 Å². The molecule has 0 spiro atoms. The molecule has 1 aromatic heterocycles. The van der Waals surface area contributed by atoms with Crippen molar-refractivity contribution in [2.45, 2.75) is 31.7 Å². The highest BCUT2D eigenvalue weighted by Crippen LogP contribution is 2.31. The van der Waals surface area contributed by atoms with Gasteiger partial charge in [-0.2, -0.15) is 0 Å². The zero-order valence-corrected chi connectivity index (χ0v) is 11.7. The van der Waals surface area contributed by atoms with Crippen LogP contribution in [0.1, 0.15) is 25.7 Å². The van der Waals surface area contributed by atoms with Crippen LogP contribution in [0.2, 0.25) is 0 Å². The molecule has 0 aliphatic heterocycles. The highest BCUT2D eigenvalue weighted by Gasteiger charge is 2.25. The third-order valence-electron chi connectivity index (χ3n) is 3.39. The van der Waals surface area contributed by atoms with E-state index in [9.17, 15) is 5.11 Å². The quantitative estimate of drug-likeness (QED) is 0.496. The van der Waals surface area contributed by atoms with Crippen molar-refractivity contribution in [2.24, 2.45) is 11.8 Å². The van der Waals surface area contributed by atoms with Gasteiger partial charge in [-0.1, -0.05) is 12.8 Å². The van der Waals surface area contributed by atoms with E-state index in [-0.39, 0.29) is 18.6 Å². The van der Waals surface area contributed by atoms with E-state index >= 15 is 0 Å². The van der Waals surface area contributed by atoms with Gasteiger partial charge in [-0.3, -0.25) is 0 Å². The summed E-state index contributed by atoms with van der Waals surface area (Å²) < 4.78 is 0.717. The predicted molar refractivity (Wildman–Crippen MR) is 74.0 cm³/mol. The number of halogens is 1. The molecule has 2 rings (SSSR count). The van der Waals surface area contributed by atoms with Crippen LogP contribution in [-0.4, -0.2) is 27.7 Å². The fraction of sp³-hybridized carbons (Fsp3) is 0.636. The number of nitrogens with zero attached hydrogens (tertiary/aromatic N) is 2. The van der Waals surface area contributed by atoms with Gasteiger partial charge in [0.05, 0.1) is 0 Å². The molecule has 6 nitrogen and oxygen atoms in total. The van der Waals surface area contributed by atoms with Gasteiger partial charge in [0.15, 0.2) is 5.82 Å². The Kier molecular flexibility index (Phi) is 4.73. The standard InChI is InChI=1S/C11H18BrN5O/c12-9-10(14-6-15-11(9)17-13)16-8-4-2-1-3-7(8)5-18/h6-8,18H,1-5,13H2,(H2,14,15,16,17). The lowest BCUT2D eigenvalue weighted by Gasteiger charge is -2.31. The molecule has 0 saturated heterocycles. The number of nitrogens with one attached hydrogen (secondary N) is 2. The Morgan fingerprint density at radius 3 is 2.78 bits per heavy atom. The molecular formula is C11H18BrN5O. The molecule has 1 fully saturated rings. The number of hydrogen-bond donors (Lipinski definition) is 4. The summed E-state index contributed by atoms with van der Waals surface area (Å²) >= 11 is 3.42. The minimum absolute atomic E-state index is 0.211. The normalized spacial score (nSPS) is 23.7. The molecule has 18 heavy (non-hydrogen) atoms. The van der Waals surface area contributed by atoms with E-state index in [0.29, 0.717) is 11.6 Å². The number of aliphatic hydroxyl groups excluding tert-OH is 1. The Balaban J connectivity index is 2.12. The summed E-state index contributed by atoms with van der Waals surface area (Å²) in [5, 5.41) is 12.8. The van der Waals surface area contributed by atoms with Gasteiger partial charge in [0.1, 0.15) is 16.6 Å². The minimum atomic E-state index is 0.211. The van der Waals surface area contributed by atoms with Crippen LogP contribution >= 0.6 is 15.9 Å². The molecule has 0 bridgehead atoms. The molecule has 0 amide bonds. The van der Waals surface area contributed by atoms with Crippen molar-refractivity contribution < 1.29 is 5.11 Å². The van der Waals surface area contributed by atoms with Crippen LogP contribution in [0.3, 0.4) is 0 Å². The van der Waals surface area contributed by atoms with E-state index in [0.717, 1.165) is 17.3 Å². The maximum absolute atomic E-state index is 9.39. The van der Waals surface area contributed by atoms with E-state index in [2.05, 4.69) is 36.6 Å². The summed E-state index contributed by atoms with van der Waals surface area (Å²) in [6, 6.07) is 0.251. The second-order valence-electron chi connectivity index (χ2n) is 4.51. The smallest absolute Gasteiger partial charge is 0.159 e. The Bertz CT molecular complexity index is 403. The van der Waals surface area contributed by atoms with E-state index in [1.54, 1.807) is 0 Å². The summed E-state index contributed by atoms with van der Waals surface area (Å²) in [5.74, 6) is 6.91. The van der Waals surface area contributed by atoms with Crippen molar-refractivity contribution in [1.82, 2.24) is 9.97 Å². The van der Waals surface area contributed by atoms with E-state index in [4.69, 9.17) is 5.84 Å². The molecule has 5 N–H and O–H groups in total. The second-order valence-corrected chi connectivity index (χ2v) is 5.30. The van der Waals surface area contributed by atoms with Crippen LogP contribution in [0.5, 0.6) is 0 Å². The fourth-order valence-corrected chi connectivity index (χ4v) is 2.80. The predicted octanol–water partition coefficient (Wildman–Crippen LogP) is 1.49. The van der Waals surface area contributed by atoms with Crippen LogP contribution < -0.4 is 16.6 Å². The summed E-state index contributed by atoms with van der Waals surface area (Å²) in [5.41, 5.74) is 2.51. The molecule has 0 radical (unpaired) electrons. The lowest BCUT2D eigenvalue weighted by atomic mass is 9.85. The van der Waals surface area contributed by atoms with Gasteiger partial charge >= 0.3 is 0 Å². The number of nitrogen functional groups attached to an aromatic ring is 1. The third-order valence-corrected chi connectivity index (χ3v) is 4.14. The van der Waals surface area contributed by atoms with Crippen molar-refractivity contribution >= 4 is 27.6 Å². The molecular weight excluding hydrogens is 298 g/mol. The molecule has 1 heterocycles. The van der Waals surface area contributed by atoms with Gasteiger partial charge in [0.25, 0.3) is 0 Å². The van der Waals surface area contributed by atoms with Gasteiger partial charge < -0.3 is 15.8 Å². The number of hydrazine groups is 1. The number of aromatic nitrogens is 2. The van der Waals surface area contributed by atoms with Gasteiger partial charge in [0, 0.05) is 18.6 Å². The average Bonchev–Trinajstić information content (AvgIpc) is 2.42. The first-order valence-electron chi connectivity index (χ1n) is 6.10. The van der Waals surface area contributed by atoms with E-state index in [1.807, 2.05) is 0 Å². The minimum Gasteiger partial charge on any atom is -0.396 e. The largest absolute Gasteiger partial charge is 0.396 e. The van der Waals surface area contributed by atoms with Gasteiger partial charge in [-0.15, -0.1) is 0 Å². The van der Waals surface area contributed by atoms with Gasteiger partial charge in [0.2, 0.25) is 0 Å². The Morgan fingerprint density at radius 1 is 1.33 bits per heavy atom. The summed E-state index contributed by atoms with van der Waals surface area (Å²) in [6.45, 7) is 0.211. The lowest BCUT2D eigenvalue weighted by molar-refractivity contribution is 0.178. The molecule has 1 saturated carbocycles. The first-order valence-corrected chi connectivity index (χ1v) is 6.90. The van der Waals surface area contributed by atoms with Gasteiger partial charge in [-0.25, -0.2) is 15.8 Å². The first-order chi connectivity index (χ1) is 8.76. The molecule has 7 heteroatoms. The van der Waals surface area contributed by atoms with Crippen molar-refractivity contribution in [1.29, 1.82) is 0 Å². The van der Waals surface area contributed by atoms with Crippen molar-refractivity contribution in [3.8, 4) is 0 Å². The van der Waals surface area contributed by atoms with Crippen molar-refractivity contribution in [3.05, 3.63) is 10.8 Å². The topological polar surface area (TPSA) is 96.1 Å². The molecule has 2 atom stereocenters. The monoisotopic (exact) mass is 315 g/mol. The lowest BCUT2D eigenvalue weighted by Crippen LogP contribution is -2.34. The maximum Gasteiger partial charge on any atom is 0.159 e. The summed E-state index contributed by atoms with van der Waals surface area (Å²) in [4.78, 5) is 8.21. The Hall–Kier alpha value is -0.920. The summed E-state index contributed by atoms with van der Waals surface area (Å²) in [6.07, 6.45) is 5.92. The van der Waals surface area contributed by atoms with E-state index in [1.165, 1.54) is 19.2 Å². The highest BCUT2D eigenvalue weighted by atomic mass is 79.9. The summed E-state index contributed by atoms with van der Waals surface area (Å²) in [7, 11) is 0. The average molecular weight is 316 g/mol. The number of rotatable bonds is 4. The zero-order valence-electron chi connectivity index (χ0n) is 10.1. The van der Waals surface area contributed by atoms with Crippen LogP contribution in [0.4, 0.5) is 11.6 Å². The number of anilines is 2. The SMILES string of the molecule is NNc1ncnc(NC2CCCCC2CO)c1Br. The van der Waals surface area contributed by atoms with Crippen molar-refractivity contribution in [3.63, 3.8) is 0 Å². The van der Waals surface area contributed by atoms with Gasteiger partial charge in [-0.05, 0) is 28.8 Å². The Morgan fingerprint density at radius 2 is 2.06 bits per heavy atom. The molecule has 100 valence electrons. The number of nitrogens with two attached hydrogens (primary N) is 1. The number of aliphatic hydroxyl groups is 1. The first kappa shape index (κ1) is 13.5. The van der Waals surface area contributed by atoms with Crippen molar-refractivity contribution in [2.75, 3.05) is 17.3 Å². The third kappa shape index (κ3) is 2.90.